The lowest BCUT2D eigenvalue weighted by Gasteiger charge is -1.97. The summed E-state index contributed by atoms with van der Waals surface area (Å²) in [6.07, 6.45) is 0.855. The highest BCUT2D eigenvalue weighted by Crippen LogP contribution is 1.88. The molecule has 3 nitrogen and oxygen atoms in total. The number of hydrogen-bond acceptors (Lipinski definition) is 2. The number of aryl methyl sites for hydroxylation is 2. The van der Waals surface area contributed by atoms with Crippen LogP contribution in [0.15, 0.2) is 6.07 Å². The number of H-pyrrole nitrogens is 1. The zero-order chi connectivity index (χ0) is 7.56. The van der Waals surface area contributed by atoms with Gasteiger partial charge in [0.2, 0.25) is 0 Å². The van der Waals surface area contributed by atoms with E-state index in [0.717, 1.165) is 17.9 Å². The average molecular weight is 137 g/mol. The molecule has 2 N–H and O–H groups in total. The Morgan fingerprint density at radius 2 is 2.40 bits per heavy atom. The molecule has 0 aliphatic carbocycles. The first kappa shape index (κ1) is 6.99. The Hall–Kier alpha value is -1.12. The standard InChI is InChI=1S/C7H11N3/c1-3-7-9-5(2)4-6(8)10-7/h4H,3H2,1-2H3,(H2,8,9,10). The molecule has 0 saturated carbocycles. The van der Waals surface area contributed by atoms with Crippen molar-refractivity contribution in [3.05, 3.63) is 23.1 Å². The van der Waals surface area contributed by atoms with Crippen molar-refractivity contribution in [3.8, 4) is 0 Å². The van der Waals surface area contributed by atoms with Crippen LogP contribution >= 0.6 is 0 Å². The van der Waals surface area contributed by atoms with Crippen molar-refractivity contribution in [2.45, 2.75) is 20.3 Å². The fraction of sp³-hybridized carbons (Fsp3) is 0.429. The fourth-order valence-electron chi connectivity index (χ4n) is 0.842. The third-order valence-electron chi connectivity index (χ3n) is 1.28. The number of aromatic nitrogens is 2. The van der Waals surface area contributed by atoms with Crippen molar-refractivity contribution in [1.82, 2.24) is 9.97 Å². The minimum atomic E-state index is 0.341. The number of nitrogens with zero attached hydrogens (tertiary/aromatic N) is 1. The van der Waals surface area contributed by atoms with Gasteiger partial charge < -0.3 is 4.98 Å². The number of rotatable bonds is 1. The van der Waals surface area contributed by atoms with E-state index in [-0.39, 0.29) is 0 Å². The molecule has 1 rings (SSSR count). The van der Waals surface area contributed by atoms with Gasteiger partial charge in [-0.3, -0.25) is 5.41 Å². The summed E-state index contributed by atoms with van der Waals surface area (Å²) in [7, 11) is 0. The molecule has 1 aromatic rings. The van der Waals surface area contributed by atoms with Gasteiger partial charge in [0.1, 0.15) is 11.3 Å². The predicted molar refractivity (Wildman–Crippen MR) is 38.6 cm³/mol. The molecule has 1 heterocycles. The van der Waals surface area contributed by atoms with E-state index in [1.54, 1.807) is 6.07 Å². The summed E-state index contributed by atoms with van der Waals surface area (Å²) in [5, 5.41) is 7.25. The van der Waals surface area contributed by atoms with Crippen LogP contribution in [-0.2, 0) is 6.42 Å². The second kappa shape index (κ2) is 2.64. The Kier molecular flexibility index (Phi) is 1.85. The van der Waals surface area contributed by atoms with E-state index in [1.807, 2.05) is 13.8 Å². The van der Waals surface area contributed by atoms with Crippen molar-refractivity contribution in [3.63, 3.8) is 0 Å². The van der Waals surface area contributed by atoms with Gasteiger partial charge in [-0.25, -0.2) is 4.98 Å². The second-order valence-electron chi connectivity index (χ2n) is 2.25. The molecular weight excluding hydrogens is 126 g/mol. The van der Waals surface area contributed by atoms with Gasteiger partial charge in [-0.1, -0.05) is 6.92 Å². The van der Waals surface area contributed by atoms with Crippen molar-refractivity contribution in [2.75, 3.05) is 0 Å². The van der Waals surface area contributed by atoms with Crippen LogP contribution in [-0.4, -0.2) is 9.97 Å². The third kappa shape index (κ3) is 1.43. The summed E-state index contributed by atoms with van der Waals surface area (Å²) in [6.45, 7) is 3.94. The quantitative estimate of drug-likeness (QED) is 0.590. The molecule has 0 atom stereocenters. The van der Waals surface area contributed by atoms with E-state index in [4.69, 9.17) is 5.41 Å². The molecule has 0 spiro atoms. The Morgan fingerprint density at radius 1 is 1.70 bits per heavy atom. The Bertz CT molecular complexity index is 274. The van der Waals surface area contributed by atoms with Crippen molar-refractivity contribution < 1.29 is 0 Å². The summed E-state index contributed by atoms with van der Waals surface area (Å²) in [5.41, 5.74) is 1.34. The maximum Gasteiger partial charge on any atom is 0.148 e. The lowest BCUT2D eigenvalue weighted by Crippen LogP contribution is -2.10. The summed E-state index contributed by atoms with van der Waals surface area (Å²) in [6, 6.07) is 1.71. The van der Waals surface area contributed by atoms with Crippen LogP contribution in [0.2, 0.25) is 0 Å². The van der Waals surface area contributed by atoms with Crippen LogP contribution in [0.25, 0.3) is 0 Å². The highest BCUT2D eigenvalue weighted by atomic mass is 14.9. The van der Waals surface area contributed by atoms with Gasteiger partial charge in [-0.2, -0.15) is 0 Å². The van der Waals surface area contributed by atoms with Gasteiger partial charge in [0.25, 0.3) is 0 Å². The Morgan fingerprint density at radius 3 is 2.90 bits per heavy atom. The molecule has 0 unspecified atom stereocenters. The van der Waals surface area contributed by atoms with Gasteiger partial charge in [-0.15, -0.1) is 0 Å². The topological polar surface area (TPSA) is 52.5 Å². The van der Waals surface area contributed by atoms with Gasteiger partial charge in [-0.05, 0) is 6.92 Å². The molecule has 0 fully saturated rings. The van der Waals surface area contributed by atoms with Crippen LogP contribution in [0.1, 0.15) is 18.4 Å². The van der Waals surface area contributed by atoms with Crippen LogP contribution in [0.3, 0.4) is 0 Å². The fourth-order valence-corrected chi connectivity index (χ4v) is 0.842. The molecule has 0 saturated heterocycles. The smallest absolute Gasteiger partial charge is 0.148 e. The third-order valence-corrected chi connectivity index (χ3v) is 1.28. The first-order valence-electron chi connectivity index (χ1n) is 3.34. The van der Waals surface area contributed by atoms with E-state index in [0.29, 0.717) is 5.49 Å². The molecule has 1 aromatic heterocycles. The minimum absolute atomic E-state index is 0.341. The van der Waals surface area contributed by atoms with Gasteiger partial charge >= 0.3 is 0 Å². The van der Waals surface area contributed by atoms with E-state index < -0.39 is 0 Å². The van der Waals surface area contributed by atoms with Crippen molar-refractivity contribution in [1.29, 1.82) is 5.41 Å². The van der Waals surface area contributed by atoms with Gasteiger partial charge in [0.05, 0.1) is 0 Å². The molecular formula is C7H11N3. The molecule has 0 amide bonds. The monoisotopic (exact) mass is 137 g/mol. The van der Waals surface area contributed by atoms with Gasteiger partial charge in [0, 0.05) is 18.2 Å². The summed E-state index contributed by atoms with van der Waals surface area (Å²) in [4.78, 5) is 7.03. The van der Waals surface area contributed by atoms with E-state index in [9.17, 15) is 0 Å². The highest BCUT2D eigenvalue weighted by molar-refractivity contribution is 4.98. The van der Waals surface area contributed by atoms with Gasteiger partial charge in [0.15, 0.2) is 0 Å². The van der Waals surface area contributed by atoms with E-state index >= 15 is 0 Å². The summed E-state index contributed by atoms with van der Waals surface area (Å²) < 4.78 is 0. The molecule has 0 radical (unpaired) electrons. The lowest BCUT2D eigenvalue weighted by molar-refractivity contribution is 0.875. The predicted octanol–water partition coefficient (Wildman–Crippen LogP) is 0.760. The lowest BCUT2D eigenvalue weighted by atomic mass is 10.4. The number of hydrogen-bond donors (Lipinski definition) is 2. The van der Waals surface area contributed by atoms with Crippen LogP contribution < -0.4 is 5.49 Å². The number of aromatic amines is 1. The maximum absolute atomic E-state index is 7.25. The van der Waals surface area contributed by atoms with E-state index in [2.05, 4.69) is 9.97 Å². The van der Waals surface area contributed by atoms with Crippen molar-refractivity contribution in [2.24, 2.45) is 0 Å². The first-order valence-corrected chi connectivity index (χ1v) is 3.34. The van der Waals surface area contributed by atoms with E-state index in [1.165, 1.54) is 0 Å². The van der Waals surface area contributed by atoms with Crippen LogP contribution in [0, 0.1) is 12.3 Å². The summed E-state index contributed by atoms with van der Waals surface area (Å²) >= 11 is 0. The Balaban J connectivity index is 3.19. The molecule has 10 heavy (non-hydrogen) atoms. The molecule has 0 aliphatic heterocycles. The SMILES string of the molecule is CCc1nc(=N)cc(C)[nH]1. The first-order chi connectivity index (χ1) is 4.72. The highest BCUT2D eigenvalue weighted by Gasteiger charge is 1.90. The largest absolute Gasteiger partial charge is 0.347 e. The average Bonchev–Trinajstić information content (AvgIpc) is 1.85. The molecule has 3 heteroatoms. The molecule has 0 aliphatic rings. The minimum Gasteiger partial charge on any atom is -0.347 e. The molecule has 0 bridgehead atoms. The second-order valence-corrected chi connectivity index (χ2v) is 2.25. The zero-order valence-corrected chi connectivity index (χ0v) is 6.23. The van der Waals surface area contributed by atoms with Crippen molar-refractivity contribution >= 4 is 0 Å². The molecule has 54 valence electrons. The summed E-state index contributed by atoms with van der Waals surface area (Å²) in [5.74, 6) is 0.880. The van der Waals surface area contributed by atoms with Crippen LogP contribution in [0.5, 0.6) is 0 Å². The zero-order valence-electron chi connectivity index (χ0n) is 6.23. The normalized spacial score (nSPS) is 9.80. The maximum atomic E-state index is 7.25. The Labute approximate surface area is 59.7 Å². The van der Waals surface area contributed by atoms with Crippen LogP contribution in [0.4, 0.5) is 0 Å². The molecule has 0 aromatic carbocycles. The number of nitrogens with one attached hydrogen (secondary N) is 2.